The molecule has 3 nitrogen and oxygen atoms in total. The fraction of sp³-hybridized carbons (Fsp3) is 0.222. The molecule has 0 amide bonds. The molecule has 0 radical (unpaired) electrons. The van der Waals surface area contributed by atoms with Gasteiger partial charge in [0.15, 0.2) is 0 Å². The van der Waals surface area contributed by atoms with Crippen LogP contribution < -0.4 is 5.73 Å². The molecule has 0 saturated carbocycles. The van der Waals surface area contributed by atoms with Gasteiger partial charge in [-0.25, -0.2) is 4.39 Å². The average molecular weight is 262 g/mol. The number of carboxylic acid groups (broad SMARTS) is 1. The molecule has 0 aromatic heterocycles. The highest BCUT2D eigenvalue weighted by Gasteiger charge is 2.22. The summed E-state index contributed by atoms with van der Waals surface area (Å²) in [4.78, 5) is 10.6. The molecule has 0 spiro atoms. The molecule has 0 bridgehead atoms. The second kappa shape index (κ2) is 4.06. The minimum Gasteiger partial charge on any atom is -0.480 e. The molecule has 1 rings (SSSR count). The van der Waals surface area contributed by atoms with Crippen LogP contribution in [0.2, 0.25) is 0 Å². The van der Waals surface area contributed by atoms with Crippen LogP contribution in [0.15, 0.2) is 16.6 Å². The topological polar surface area (TPSA) is 63.3 Å². The van der Waals surface area contributed by atoms with Gasteiger partial charge in [0, 0.05) is 10.0 Å². The molecule has 0 heterocycles. The van der Waals surface area contributed by atoms with E-state index in [9.17, 15) is 9.18 Å². The number of rotatable bonds is 2. The molecule has 1 aromatic rings. The number of halogens is 2. The van der Waals surface area contributed by atoms with Crippen molar-refractivity contribution in [3.05, 3.63) is 33.5 Å². The lowest BCUT2D eigenvalue weighted by molar-refractivity contribution is -0.138. The number of carbonyl (C=O) groups is 1. The Morgan fingerprint density at radius 3 is 2.71 bits per heavy atom. The second-order valence-corrected chi connectivity index (χ2v) is 3.70. The minimum atomic E-state index is -1.34. The maximum absolute atomic E-state index is 13.3. The molecule has 1 aromatic carbocycles. The Balaban J connectivity index is 3.32. The number of benzene rings is 1. The van der Waals surface area contributed by atoms with E-state index in [-0.39, 0.29) is 5.56 Å². The lowest BCUT2D eigenvalue weighted by Crippen LogP contribution is -2.22. The Morgan fingerprint density at radius 2 is 2.21 bits per heavy atom. The van der Waals surface area contributed by atoms with E-state index in [1.54, 1.807) is 13.0 Å². The van der Waals surface area contributed by atoms with Crippen molar-refractivity contribution < 1.29 is 14.3 Å². The van der Waals surface area contributed by atoms with Crippen LogP contribution in [0.25, 0.3) is 0 Å². The van der Waals surface area contributed by atoms with Gasteiger partial charge >= 0.3 is 5.97 Å². The van der Waals surface area contributed by atoms with E-state index >= 15 is 0 Å². The zero-order valence-corrected chi connectivity index (χ0v) is 9.01. The first-order valence-corrected chi connectivity index (χ1v) is 4.67. The number of nitrogens with two attached hydrogens (primary N) is 1. The summed E-state index contributed by atoms with van der Waals surface area (Å²) in [5.41, 5.74) is 6.07. The summed E-state index contributed by atoms with van der Waals surface area (Å²) in [5.74, 6) is -1.87. The van der Waals surface area contributed by atoms with Crippen molar-refractivity contribution in [2.45, 2.75) is 13.0 Å². The number of hydrogen-bond donors (Lipinski definition) is 2. The van der Waals surface area contributed by atoms with Crippen molar-refractivity contribution in [1.82, 2.24) is 0 Å². The van der Waals surface area contributed by atoms with E-state index in [1.807, 2.05) is 0 Å². The van der Waals surface area contributed by atoms with Crippen molar-refractivity contribution in [1.29, 1.82) is 0 Å². The molecular formula is C9H9BrFNO2. The molecule has 76 valence electrons. The number of aryl methyl sites for hydroxylation is 1. The lowest BCUT2D eigenvalue weighted by atomic mass is 10.0. The number of carboxylic acids is 1. The Labute approximate surface area is 88.9 Å². The van der Waals surface area contributed by atoms with Crippen LogP contribution in [-0.4, -0.2) is 11.1 Å². The van der Waals surface area contributed by atoms with Gasteiger partial charge in [0.05, 0.1) is 0 Å². The zero-order chi connectivity index (χ0) is 10.9. The predicted molar refractivity (Wildman–Crippen MR) is 53.4 cm³/mol. The Bertz CT molecular complexity index is 381. The summed E-state index contributed by atoms with van der Waals surface area (Å²) in [6, 6.07) is 1.42. The highest BCUT2D eigenvalue weighted by atomic mass is 79.9. The molecule has 1 unspecified atom stereocenters. The van der Waals surface area contributed by atoms with Gasteiger partial charge in [-0.1, -0.05) is 22.0 Å². The molecule has 0 fully saturated rings. The fourth-order valence-corrected chi connectivity index (χ4v) is 1.66. The standard InChI is InChI=1S/C9H9BrFNO2/c1-4-2-3-5(11)6(7(4)10)8(12)9(13)14/h2-3,8H,12H2,1H3,(H,13,14). The molecule has 14 heavy (non-hydrogen) atoms. The van der Waals surface area contributed by atoms with E-state index in [0.29, 0.717) is 4.47 Å². The van der Waals surface area contributed by atoms with Gasteiger partial charge < -0.3 is 10.8 Å². The minimum absolute atomic E-state index is 0.0162. The molecule has 0 aliphatic rings. The fourth-order valence-electron chi connectivity index (χ4n) is 1.09. The molecule has 1 atom stereocenters. The average Bonchev–Trinajstić information content (AvgIpc) is 2.12. The van der Waals surface area contributed by atoms with E-state index in [1.165, 1.54) is 6.07 Å². The molecular weight excluding hydrogens is 253 g/mol. The third-order valence-corrected chi connectivity index (χ3v) is 2.95. The van der Waals surface area contributed by atoms with Crippen LogP contribution in [0, 0.1) is 12.7 Å². The monoisotopic (exact) mass is 261 g/mol. The first-order valence-electron chi connectivity index (χ1n) is 3.88. The maximum Gasteiger partial charge on any atom is 0.325 e. The SMILES string of the molecule is Cc1ccc(F)c(C(N)C(=O)O)c1Br. The Morgan fingerprint density at radius 1 is 1.64 bits per heavy atom. The van der Waals surface area contributed by atoms with Crippen LogP contribution in [-0.2, 0) is 4.79 Å². The van der Waals surface area contributed by atoms with Crippen LogP contribution in [0.4, 0.5) is 4.39 Å². The quantitative estimate of drug-likeness (QED) is 0.856. The summed E-state index contributed by atoms with van der Waals surface area (Å²) in [6.45, 7) is 1.74. The van der Waals surface area contributed by atoms with Gasteiger partial charge in [-0.3, -0.25) is 4.79 Å². The second-order valence-electron chi connectivity index (χ2n) is 2.91. The van der Waals surface area contributed by atoms with E-state index in [2.05, 4.69) is 15.9 Å². The van der Waals surface area contributed by atoms with E-state index < -0.39 is 17.8 Å². The van der Waals surface area contributed by atoms with E-state index in [0.717, 1.165) is 5.56 Å². The molecule has 0 saturated heterocycles. The van der Waals surface area contributed by atoms with Gasteiger partial charge in [-0.2, -0.15) is 0 Å². The third-order valence-electron chi connectivity index (χ3n) is 1.90. The first-order chi connectivity index (χ1) is 6.45. The Hall–Kier alpha value is -0.940. The smallest absolute Gasteiger partial charge is 0.325 e. The van der Waals surface area contributed by atoms with Crippen LogP contribution in [0.5, 0.6) is 0 Å². The summed E-state index contributed by atoms with van der Waals surface area (Å²) in [5, 5.41) is 8.66. The zero-order valence-electron chi connectivity index (χ0n) is 7.42. The van der Waals surface area contributed by atoms with Crippen LogP contribution in [0.1, 0.15) is 17.2 Å². The van der Waals surface area contributed by atoms with Gasteiger partial charge in [-0.15, -0.1) is 0 Å². The summed E-state index contributed by atoms with van der Waals surface area (Å²) >= 11 is 3.12. The summed E-state index contributed by atoms with van der Waals surface area (Å²) < 4.78 is 13.7. The number of aliphatic carboxylic acids is 1. The third kappa shape index (κ3) is 1.93. The van der Waals surface area contributed by atoms with Crippen molar-refractivity contribution >= 4 is 21.9 Å². The summed E-state index contributed by atoms with van der Waals surface area (Å²) in [7, 11) is 0. The Kier molecular flexibility index (Phi) is 3.23. The van der Waals surface area contributed by atoms with E-state index in [4.69, 9.17) is 10.8 Å². The molecule has 0 aliphatic carbocycles. The number of hydrogen-bond acceptors (Lipinski definition) is 2. The highest BCUT2D eigenvalue weighted by Crippen LogP contribution is 2.28. The van der Waals surface area contributed by atoms with Crippen molar-refractivity contribution in [2.24, 2.45) is 5.73 Å². The normalized spacial score (nSPS) is 12.6. The lowest BCUT2D eigenvalue weighted by Gasteiger charge is -2.12. The largest absolute Gasteiger partial charge is 0.480 e. The predicted octanol–water partition coefficient (Wildman–Crippen LogP) is 1.98. The summed E-state index contributed by atoms with van der Waals surface area (Å²) in [6.07, 6.45) is 0. The van der Waals surface area contributed by atoms with Gasteiger partial charge in [0.25, 0.3) is 0 Å². The highest BCUT2D eigenvalue weighted by molar-refractivity contribution is 9.10. The van der Waals surface area contributed by atoms with Gasteiger partial charge in [0.2, 0.25) is 0 Å². The molecule has 3 N–H and O–H groups in total. The van der Waals surface area contributed by atoms with Gasteiger partial charge in [-0.05, 0) is 18.6 Å². The van der Waals surface area contributed by atoms with Crippen molar-refractivity contribution in [3.8, 4) is 0 Å². The maximum atomic E-state index is 13.3. The van der Waals surface area contributed by atoms with Gasteiger partial charge in [0.1, 0.15) is 11.9 Å². The van der Waals surface area contributed by atoms with Crippen molar-refractivity contribution in [2.75, 3.05) is 0 Å². The van der Waals surface area contributed by atoms with Crippen LogP contribution >= 0.6 is 15.9 Å². The molecule has 0 aliphatic heterocycles. The molecule has 5 heteroatoms. The van der Waals surface area contributed by atoms with Crippen molar-refractivity contribution in [3.63, 3.8) is 0 Å². The first kappa shape index (κ1) is 11.1. The van der Waals surface area contributed by atoms with Crippen LogP contribution in [0.3, 0.4) is 0 Å².